The Kier molecular flexibility index (Phi) is 7.36. The minimum atomic E-state index is -0.0509. The summed E-state index contributed by atoms with van der Waals surface area (Å²) < 4.78 is 11.7. The monoisotopic (exact) mass is 442 g/mol. The topological polar surface area (TPSA) is 50.8 Å². The van der Waals surface area contributed by atoms with E-state index in [1.807, 2.05) is 30.3 Å². The molecular formula is C25H31ClN2O3. The summed E-state index contributed by atoms with van der Waals surface area (Å²) in [6.07, 6.45) is 6.52. The van der Waals surface area contributed by atoms with Gasteiger partial charge in [-0.1, -0.05) is 42.6 Å². The molecule has 1 amide bonds. The second-order valence-electron chi connectivity index (χ2n) is 8.51. The lowest BCUT2D eigenvalue weighted by Gasteiger charge is -2.32. The standard InChI is InChI=1S/C25H31ClN2O3/c1-30-23-9-5-2-6-19(23)17-28-14-12-21(13-15-28)31-24-11-10-18(16-22(24)26)25(29)27-20-7-3-4-8-20/h2,5-6,9-11,16,20-21H,3-4,7-8,12-15,17H2,1H3,(H,27,29). The van der Waals surface area contributed by atoms with Crippen LogP contribution < -0.4 is 14.8 Å². The number of hydrogen-bond acceptors (Lipinski definition) is 4. The van der Waals surface area contributed by atoms with Gasteiger partial charge in [0.2, 0.25) is 0 Å². The molecule has 0 atom stereocenters. The molecule has 2 aromatic carbocycles. The van der Waals surface area contributed by atoms with Gasteiger partial charge in [0.05, 0.1) is 12.1 Å². The van der Waals surface area contributed by atoms with Crippen molar-refractivity contribution in [3.8, 4) is 11.5 Å². The van der Waals surface area contributed by atoms with E-state index in [2.05, 4.69) is 16.3 Å². The van der Waals surface area contributed by atoms with Crippen LogP contribution in [0.3, 0.4) is 0 Å². The van der Waals surface area contributed by atoms with E-state index >= 15 is 0 Å². The average Bonchev–Trinajstić information content (AvgIpc) is 3.30. The Balaban J connectivity index is 1.28. The summed E-state index contributed by atoms with van der Waals surface area (Å²) in [6, 6.07) is 13.8. The maximum absolute atomic E-state index is 12.5. The zero-order chi connectivity index (χ0) is 21.6. The largest absolute Gasteiger partial charge is 0.496 e. The van der Waals surface area contributed by atoms with Gasteiger partial charge in [-0.2, -0.15) is 0 Å². The van der Waals surface area contributed by atoms with E-state index in [0.717, 1.165) is 51.1 Å². The first-order chi connectivity index (χ1) is 15.1. The van der Waals surface area contributed by atoms with Crippen molar-refractivity contribution >= 4 is 17.5 Å². The third-order valence-electron chi connectivity index (χ3n) is 6.30. The molecular weight excluding hydrogens is 412 g/mol. The van der Waals surface area contributed by atoms with E-state index in [4.69, 9.17) is 21.1 Å². The first-order valence-corrected chi connectivity index (χ1v) is 11.6. The number of piperidine rings is 1. The molecule has 0 radical (unpaired) electrons. The highest BCUT2D eigenvalue weighted by atomic mass is 35.5. The summed E-state index contributed by atoms with van der Waals surface area (Å²) in [4.78, 5) is 14.9. The van der Waals surface area contributed by atoms with Gasteiger partial charge in [-0.15, -0.1) is 0 Å². The predicted molar refractivity (Wildman–Crippen MR) is 123 cm³/mol. The number of amides is 1. The van der Waals surface area contributed by atoms with E-state index in [-0.39, 0.29) is 12.0 Å². The van der Waals surface area contributed by atoms with Gasteiger partial charge in [0.15, 0.2) is 0 Å². The molecule has 2 aliphatic rings. The molecule has 1 aliphatic heterocycles. The predicted octanol–water partition coefficient (Wildman–Crippen LogP) is 5.06. The molecule has 1 heterocycles. The normalized spacial score (nSPS) is 18.1. The molecule has 2 fully saturated rings. The summed E-state index contributed by atoms with van der Waals surface area (Å²) in [7, 11) is 1.71. The summed E-state index contributed by atoms with van der Waals surface area (Å²) in [5, 5.41) is 3.60. The minimum absolute atomic E-state index is 0.0509. The number of methoxy groups -OCH3 is 1. The van der Waals surface area contributed by atoms with Gasteiger partial charge < -0.3 is 14.8 Å². The number of halogens is 1. The fourth-order valence-corrected chi connectivity index (χ4v) is 4.74. The van der Waals surface area contributed by atoms with Gasteiger partial charge in [0.25, 0.3) is 5.91 Å². The molecule has 4 rings (SSSR count). The number of nitrogens with one attached hydrogen (secondary N) is 1. The Morgan fingerprint density at radius 1 is 1.06 bits per heavy atom. The van der Waals surface area contributed by atoms with Gasteiger partial charge in [-0.3, -0.25) is 9.69 Å². The minimum Gasteiger partial charge on any atom is -0.496 e. The number of carbonyl (C=O) groups excluding carboxylic acids is 1. The Bertz CT molecular complexity index is 890. The van der Waals surface area contributed by atoms with Gasteiger partial charge >= 0.3 is 0 Å². The van der Waals surface area contributed by atoms with Gasteiger partial charge in [-0.25, -0.2) is 0 Å². The number of para-hydroxylation sites is 1. The van der Waals surface area contributed by atoms with E-state index in [9.17, 15) is 4.79 Å². The first kappa shape index (κ1) is 22.0. The van der Waals surface area contributed by atoms with Crippen molar-refractivity contribution < 1.29 is 14.3 Å². The molecule has 6 heteroatoms. The summed E-state index contributed by atoms with van der Waals surface area (Å²) in [6.45, 7) is 2.80. The van der Waals surface area contributed by atoms with Crippen molar-refractivity contribution in [2.75, 3.05) is 20.2 Å². The van der Waals surface area contributed by atoms with E-state index < -0.39 is 0 Å². The molecule has 5 nitrogen and oxygen atoms in total. The zero-order valence-electron chi connectivity index (χ0n) is 18.1. The molecule has 1 saturated carbocycles. The van der Waals surface area contributed by atoms with Crippen LogP contribution in [0, 0.1) is 0 Å². The summed E-state index contributed by atoms with van der Waals surface area (Å²) >= 11 is 6.45. The lowest BCUT2D eigenvalue weighted by Crippen LogP contribution is -2.37. The van der Waals surface area contributed by atoms with Crippen molar-refractivity contribution in [1.29, 1.82) is 0 Å². The smallest absolute Gasteiger partial charge is 0.251 e. The van der Waals surface area contributed by atoms with Crippen LogP contribution in [0.4, 0.5) is 0 Å². The molecule has 166 valence electrons. The van der Waals surface area contributed by atoms with Crippen LogP contribution in [0.25, 0.3) is 0 Å². The lowest BCUT2D eigenvalue weighted by molar-refractivity contribution is 0.0936. The van der Waals surface area contributed by atoms with Gasteiger partial charge in [0, 0.05) is 36.8 Å². The fourth-order valence-electron chi connectivity index (χ4n) is 4.52. The Hall–Kier alpha value is -2.24. The molecule has 1 saturated heterocycles. The number of ether oxygens (including phenoxy) is 2. The third-order valence-corrected chi connectivity index (χ3v) is 6.59. The Morgan fingerprint density at radius 2 is 1.81 bits per heavy atom. The molecule has 0 aromatic heterocycles. The number of benzene rings is 2. The highest BCUT2D eigenvalue weighted by Crippen LogP contribution is 2.29. The maximum Gasteiger partial charge on any atom is 0.251 e. The molecule has 31 heavy (non-hydrogen) atoms. The first-order valence-electron chi connectivity index (χ1n) is 11.2. The average molecular weight is 443 g/mol. The van der Waals surface area contributed by atoms with E-state index in [0.29, 0.717) is 22.4 Å². The van der Waals surface area contributed by atoms with Crippen LogP contribution in [-0.4, -0.2) is 43.2 Å². The molecule has 1 aliphatic carbocycles. The SMILES string of the molecule is COc1ccccc1CN1CCC(Oc2ccc(C(=O)NC3CCCC3)cc2Cl)CC1. The lowest BCUT2D eigenvalue weighted by atomic mass is 10.1. The van der Waals surface area contributed by atoms with Crippen LogP contribution in [0.5, 0.6) is 11.5 Å². The van der Waals surface area contributed by atoms with E-state index in [1.165, 1.54) is 18.4 Å². The molecule has 0 unspecified atom stereocenters. The second-order valence-corrected chi connectivity index (χ2v) is 8.91. The third kappa shape index (κ3) is 5.72. The van der Waals surface area contributed by atoms with Crippen LogP contribution in [-0.2, 0) is 6.54 Å². The second kappa shape index (κ2) is 10.4. The number of carbonyl (C=O) groups is 1. The number of likely N-dealkylation sites (tertiary alicyclic amines) is 1. The van der Waals surface area contributed by atoms with Crippen LogP contribution in [0.1, 0.15) is 54.4 Å². The quantitative estimate of drug-likeness (QED) is 0.650. The molecule has 1 N–H and O–H groups in total. The fraction of sp³-hybridized carbons (Fsp3) is 0.480. The van der Waals surface area contributed by atoms with Gasteiger partial charge in [-0.05, 0) is 49.9 Å². The number of hydrogen-bond donors (Lipinski definition) is 1. The van der Waals surface area contributed by atoms with Crippen molar-refractivity contribution in [2.24, 2.45) is 0 Å². The number of nitrogens with zero attached hydrogens (tertiary/aromatic N) is 1. The Morgan fingerprint density at radius 3 is 2.52 bits per heavy atom. The highest BCUT2D eigenvalue weighted by Gasteiger charge is 2.23. The van der Waals surface area contributed by atoms with Crippen LogP contribution >= 0.6 is 11.6 Å². The highest BCUT2D eigenvalue weighted by molar-refractivity contribution is 6.32. The number of rotatable bonds is 7. The maximum atomic E-state index is 12.5. The van der Waals surface area contributed by atoms with Crippen molar-refractivity contribution in [3.05, 3.63) is 58.6 Å². The summed E-state index contributed by atoms with van der Waals surface area (Å²) in [5.41, 5.74) is 1.80. The molecule has 2 aromatic rings. The van der Waals surface area contributed by atoms with E-state index in [1.54, 1.807) is 13.2 Å². The Labute approximate surface area is 189 Å². The molecule has 0 spiro atoms. The van der Waals surface area contributed by atoms with Gasteiger partial charge in [0.1, 0.15) is 17.6 Å². The van der Waals surface area contributed by atoms with Crippen molar-refractivity contribution in [3.63, 3.8) is 0 Å². The van der Waals surface area contributed by atoms with Crippen molar-refractivity contribution in [2.45, 2.75) is 57.2 Å². The summed E-state index contributed by atoms with van der Waals surface area (Å²) in [5.74, 6) is 1.54. The zero-order valence-corrected chi connectivity index (χ0v) is 18.9. The molecule has 0 bridgehead atoms. The van der Waals surface area contributed by atoms with Crippen molar-refractivity contribution in [1.82, 2.24) is 10.2 Å². The van der Waals surface area contributed by atoms with Crippen LogP contribution in [0.2, 0.25) is 5.02 Å². The van der Waals surface area contributed by atoms with Crippen LogP contribution in [0.15, 0.2) is 42.5 Å².